The van der Waals surface area contributed by atoms with Gasteiger partial charge in [-0.15, -0.1) is 0 Å². The number of hydrogen-bond donors (Lipinski definition) is 2. The number of thiocarbonyl (C=S) groups is 1. The highest BCUT2D eigenvalue weighted by Gasteiger charge is 2.10. The van der Waals surface area contributed by atoms with E-state index in [-0.39, 0.29) is 10.7 Å². The fraction of sp³-hybridized carbons (Fsp3) is 0.125. The fourth-order valence-electron chi connectivity index (χ4n) is 1.87. The molecule has 0 heterocycles. The summed E-state index contributed by atoms with van der Waals surface area (Å²) in [6.45, 7) is 3.96. The van der Waals surface area contributed by atoms with Crippen molar-refractivity contribution in [3.05, 3.63) is 62.5 Å². The lowest BCUT2D eigenvalue weighted by molar-refractivity contribution is 0.0977. The van der Waals surface area contributed by atoms with E-state index >= 15 is 0 Å². The zero-order valence-corrected chi connectivity index (χ0v) is 15.0. The van der Waals surface area contributed by atoms with Crippen LogP contribution in [0.25, 0.3) is 0 Å². The lowest BCUT2D eigenvalue weighted by Crippen LogP contribution is -2.34. The molecule has 0 aliphatic rings. The van der Waals surface area contributed by atoms with Gasteiger partial charge in [-0.2, -0.15) is 0 Å². The first kappa shape index (κ1) is 16.8. The number of amides is 1. The third kappa shape index (κ3) is 4.23. The summed E-state index contributed by atoms with van der Waals surface area (Å²) in [5.41, 5.74) is 3.20. The van der Waals surface area contributed by atoms with Crippen LogP contribution in [0, 0.1) is 23.2 Å². The Hall–Kier alpha value is -1.54. The third-order valence-corrected chi connectivity index (χ3v) is 4.43. The van der Waals surface area contributed by atoms with Gasteiger partial charge in [0.1, 0.15) is 5.82 Å². The van der Waals surface area contributed by atoms with Gasteiger partial charge in [0.05, 0.1) is 0 Å². The summed E-state index contributed by atoms with van der Waals surface area (Å²) < 4.78 is 14.3. The predicted molar refractivity (Wildman–Crippen MR) is 98.7 cm³/mol. The van der Waals surface area contributed by atoms with Gasteiger partial charge in [-0.25, -0.2) is 4.39 Å². The molecule has 0 fully saturated rings. The van der Waals surface area contributed by atoms with Gasteiger partial charge >= 0.3 is 0 Å². The van der Waals surface area contributed by atoms with Gasteiger partial charge in [-0.05, 0) is 90.1 Å². The Kier molecular flexibility index (Phi) is 5.47. The Balaban J connectivity index is 2.07. The van der Waals surface area contributed by atoms with Crippen LogP contribution >= 0.6 is 34.8 Å². The number of carbonyl (C=O) groups is 1. The SMILES string of the molecule is Cc1cc(NC(=S)NC(=O)c2cccc(F)c2)c(C)cc1I. The molecule has 6 heteroatoms. The number of hydrogen-bond acceptors (Lipinski definition) is 2. The molecular formula is C16H14FIN2OS. The van der Waals surface area contributed by atoms with Crippen LogP contribution in [0.4, 0.5) is 10.1 Å². The number of anilines is 1. The Bertz CT molecular complexity index is 749. The molecule has 0 unspecified atom stereocenters. The third-order valence-electron chi connectivity index (χ3n) is 3.07. The Morgan fingerprint density at radius 1 is 1.18 bits per heavy atom. The van der Waals surface area contributed by atoms with Crippen LogP contribution in [0.5, 0.6) is 0 Å². The molecule has 0 atom stereocenters. The first-order valence-electron chi connectivity index (χ1n) is 6.51. The van der Waals surface area contributed by atoms with Gasteiger partial charge in [0.2, 0.25) is 0 Å². The molecule has 0 saturated heterocycles. The molecule has 0 aliphatic carbocycles. The van der Waals surface area contributed by atoms with Crippen molar-refractivity contribution < 1.29 is 9.18 Å². The van der Waals surface area contributed by atoms with Crippen LogP contribution in [-0.2, 0) is 0 Å². The van der Waals surface area contributed by atoms with Gasteiger partial charge in [-0.3, -0.25) is 10.1 Å². The molecule has 0 saturated carbocycles. The van der Waals surface area contributed by atoms with Crippen molar-refractivity contribution in [1.82, 2.24) is 5.32 Å². The number of aryl methyl sites for hydroxylation is 2. The number of carbonyl (C=O) groups excluding carboxylic acids is 1. The van der Waals surface area contributed by atoms with E-state index in [1.54, 1.807) is 0 Å². The smallest absolute Gasteiger partial charge is 0.257 e. The van der Waals surface area contributed by atoms with Crippen LogP contribution in [0.1, 0.15) is 21.5 Å². The molecule has 22 heavy (non-hydrogen) atoms. The maximum Gasteiger partial charge on any atom is 0.257 e. The van der Waals surface area contributed by atoms with E-state index in [2.05, 4.69) is 33.2 Å². The average Bonchev–Trinajstić information content (AvgIpc) is 2.44. The Labute approximate surface area is 147 Å². The van der Waals surface area contributed by atoms with Crippen molar-refractivity contribution in [2.45, 2.75) is 13.8 Å². The summed E-state index contributed by atoms with van der Waals surface area (Å²) in [5.74, 6) is -0.910. The summed E-state index contributed by atoms with van der Waals surface area (Å²) in [5, 5.41) is 5.72. The molecule has 0 aromatic heterocycles. The first-order valence-corrected chi connectivity index (χ1v) is 8.00. The van der Waals surface area contributed by atoms with Gasteiger partial charge in [0, 0.05) is 14.8 Å². The van der Waals surface area contributed by atoms with Gasteiger partial charge in [0.15, 0.2) is 5.11 Å². The standard InChI is InChI=1S/C16H14FIN2OS/c1-9-7-14(10(2)6-13(9)18)19-16(22)20-15(21)11-4-3-5-12(17)8-11/h3-8H,1-2H3,(H2,19,20,21,22). The second-order valence-electron chi connectivity index (χ2n) is 4.83. The minimum absolute atomic E-state index is 0.179. The number of nitrogens with one attached hydrogen (secondary N) is 2. The molecule has 0 bridgehead atoms. The maximum atomic E-state index is 13.1. The Morgan fingerprint density at radius 2 is 1.91 bits per heavy atom. The van der Waals surface area contributed by atoms with E-state index < -0.39 is 11.7 Å². The summed E-state index contributed by atoms with van der Waals surface area (Å²) in [6.07, 6.45) is 0. The quantitative estimate of drug-likeness (QED) is 0.557. The molecule has 2 N–H and O–H groups in total. The van der Waals surface area contributed by atoms with Crippen molar-refractivity contribution in [1.29, 1.82) is 0 Å². The highest BCUT2D eigenvalue weighted by atomic mass is 127. The lowest BCUT2D eigenvalue weighted by Gasteiger charge is -2.13. The monoisotopic (exact) mass is 428 g/mol. The molecule has 2 aromatic rings. The van der Waals surface area contributed by atoms with Crippen LogP contribution in [0.15, 0.2) is 36.4 Å². The van der Waals surface area contributed by atoms with Crippen molar-refractivity contribution in [3.63, 3.8) is 0 Å². The van der Waals surface area contributed by atoms with Crippen LogP contribution in [0.3, 0.4) is 0 Å². The first-order chi connectivity index (χ1) is 10.4. The summed E-state index contributed by atoms with van der Waals surface area (Å²) >= 11 is 7.41. The zero-order chi connectivity index (χ0) is 16.3. The average molecular weight is 428 g/mol. The molecule has 114 valence electrons. The molecule has 3 nitrogen and oxygen atoms in total. The molecule has 0 radical (unpaired) electrons. The highest BCUT2D eigenvalue weighted by Crippen LogP contribution is 2.21. The summed E-state index contributed by atoms with van der Waals surface area (Å²) in [4.78, 5) is 12.0. The minimum Gasteiger partial charge on any atom is -0.332 e. The van der Waals surface area contributed by atoms with Crippen molar-refractivity contribution in [2.24, 2.45) is 0 Å². The summed E-state index contributed by atoms with van der Waals surface area (Å²) in [6, 6.07) is 9.46. The molecule has 2 aromatic carbocycles. The topological polar surface area (TPSA) is 41.1 Å². The second-order valence-corrected chi connectivity index (χ2v) is 6.41. The van der Waals surface area contributed by atoms with Gasteiger partial charge in [-0.1, -0.05) is 6.07 Å². The lowest BCUT2D eigenvalue weighted by atomic mass is 10.1. The van der Waals surface area contributed by atoms with E-state index in [4.69, 9.17) is 12.2 Å². The molecular weight excluding hydrogens is 414 g/mol. The normalized spacial score (nSPS) is 10.2. The number of rotatable bonds is 2. The van der Waals surface area contributed by atoms with Gasteiger partial charge < -0.3 is 5.32 Å². The van der Waals surface area contributed by atoms with Crippen molar-refractivity contribution >= 4 is 51.5 Å². The van der Waals surface area contributed by atoms with E-state index in [0.29, 0.717) is 0 Å². The van der Waals surface area contributed by atoms with E-state index in [9.17, 15) is 9.18 Å². The van der Waals surface area contributed by atoms with Gasteiger partial charge in [0.25, 0.3) is 5.91 Å². The molecule has 2 rings (SSSR count). The largest absolute Gasteiger partial charge is 0.332 e. The highest BCUT2D eigenvalue weighted by molar-refractivity contribution is 14.1. The van der Waals surface area contributed by atoms with E-state index in [1.807, 2.05) is 26.0 Å². The Morgan fingerprint density at radius 3 is 2.59 bits per heavy atom. The molecule has 0 spiro atoms. The molecule has 1 amide bonds. The van der Waals surface area contributed by atoms with E-state index in [0.717, 1.165) is 26.5 Å². The minimum atomic E-state index is -0.462. The maximum absolute atomic E-state index is 13.1. The van der Waals surface area contributed by atoms with Crippen LogP contribution in [-0.4, -0.2) is 11.0 Å². The number of benzene rings is 2. The zero-order valence-electron chi connectivity index (χ0n) is 12.0. The van der Waals surface area contributed by atoms with E-state index in [1.165, 1.54) is 18.2 Å². The van der Waals surface area contributed by atoms with Crippen molar-refractivity contribution in [2.75, 3.05) is 5.32 Å². The fourth-order valence-corrected chi connectivity index (χ4v) is 2.70. The summed E-state index contributed by atoms with van der Waals surface area (Å²) in [7, 11) is 0. The second kappa shape index (κ2) is 7.15. The molecule has 0 aliphatic heterocycles. The van der Waals surface area contributed by atoms with Crippen molar-refractivity contribution in [3.8, 4) is 0 Å². The number of halogens is 2. The predicted octanol–water partition coefficient (Wildman–Crippen LogP) is 4.17. The van der Waals surface area contributed by atoms with Crippen LogP contribution in [0.2, 0.25) is 0 Å². The van der Waals surface area contributed by atoms with Crippen LogP contribution < -0.4 is 10.6 Å².